The normalized spacial score (nSPS) is 10.1. The number of carbonyl (C=O) groups excluding carboxylic acids is 2. The van der Waals surface area contributed by atoms with Crippen LogP contribution >= 0.6 is 15.9 Å². The van der Waals surface area contributed by atoms with Gasteiger partial charge in [-0.05, 0) is 22.0 Å². The molecule has 6 nitrogen and oxygen atoms in total. The van der Waals surface area contributed by atoms with Crippen molar-refractivity contribution in [1.82, 2.24) is 0 Å². The van der Waals surface area contributed by atoms with Crippen LogP contribution in [0.4, 0.5) is 15.8 Å². The molecule has 0 spiro atoms. The summed E-state index contributed by atoms with van der Waals surface area (Å²) in [5, 5.41) is 0. The zero-order chi connectivity index (χ0) is 13.9. The SMILES string of the molecule is NC(=O)CN(CC(N)=O)c1cc(F)c(Br)cc1N. The van der Waals surface area contributed by atoms with E-state index in [2.05, 4.69) is 15.9 Å². The van der Waals surface area contributed by atoms with E-state index in [1.54, 1.807) is 0 Å². The van der Waals surface area contributed by atoms with Gasteiger partial charge in [-0.2, -0.15) is 0 Å². The summed E-state index contributed by atoms with van der Waals surface area (Å²) in [6.07, 6.45) is 0. The fourth-order valence-corrected chi connectivity index (χ4v) is 1.79. The molecule has 18 heavy (non-hydrogen) atoms. The van der Waals surface area contributed by atoms with Crippen molar-refractivity contribution in [3.63, 3.8) is 0 Å². The van der Waals surface area contributed by atoms with Crippen LogP contribution in [0.15, 0.2) is 16.6 Å². The molecule has 0 unspecified atom stereocenters. The highest BCUT2D eigenvalue weighted by atomic mass is 79.9. The molecule has 0 aromatic heterocycles. The first kappa shape index (κ1) is 14.2. The van der Waals surface area contributed by atoms with E-state index in [0.29, 0.717) is 0 Å². The number of nitrogens with two attached hydrogens (primary N) is 3. The van der Waals surface area contributed by atoms with E-state index in [0.717, 1.165) is 6.07 Å². The Kier molecular flexibility index (Phi) is 4.49. The predicted octanol–water partition coefficient (Wildman–Crippen LogP) is -0.0526. The van der Waals surface area contributed by atoms with Crippen molar-refractivity contribution in [2.24, 2.45) is 11.5 Å². The maximum Gasteiger partial charge on any atom is 0.236 e. The Bertz CT molecular complexity index is 479. The van der Waals surface area contributed by atoms with Crippen molar-refractivity contribution < 1.29 is 14.0 Å². The van der Waals surface area contributed by atoms with Gasteiger partial charge < -0.3 is 22.1 Å². The summed E-state index contributed by atoms with van der Waals surface area (Å²) in [7, 11) is 0. The van der Waals surface area contributed by atoms with Gasteiger partial charge in [-0.15, -0.1) is 0 Å². The Morgan fingerprint density at radius 3 is 2.17 bits per heavy atom. The molecule has 0 fully saturated rings. The number of nitrogen functional groups attached to an aromatic ring is 1. The molecule has 0 heterocycles. The molecule has 1 rings (SSSR count). The molecule has 0 bridgehead atoms. The number of benzene rings is 1. The highest BCUT2D eigenvalue weighted by molar-refractivity contribution is 9.10. The number of amides is 2. The third kappa shape index (κ3) is 3.59. The Balaban J connectivity index is 3.15. The Morgan fingerprint density at radius 2 is 1.72 bits per heavy atom. The molecule has 2 amide bonds. The highest BCUT2D eigenvalue weighted by Gasteiger charge is 2.16. The largest absolute Gasteiger partial charge is 0.397 e. The van der Waals surface area contributed by atoms with E-state index in [9.17, 15) is 14.0 Å². The lowest BCUT2D eigenvalue weighted by molar-refractivity contribution is -0.117. The molecule has 0 aliphatic heterocycles. The van der Waals surface area contributed by atoms with Crippen molar-refractivity contribution in [2.45, 2.75) is 0 Å². The lowest BCUT2D eigenvalue weighted by Gasteiger charge is -2.23. The van der Waals surface area contributed by atoms with E-state index < -0.39 is 17.6 Å². The fraction of sp³-hybridized carbons (Fsp3) is 0.200. The number of anilines is 2. The zero-order valence-corrected chi connectivity index (χ0v) is 10.9. The van der Waals surface area contributed by atoms with E-state index in [4.69, 9.17) is 17.2 Å². The lowest BCUT2D eigenvalue weighted by Crippen LogP contribution is -2.40. The average Bonchev–Trinajstić information content (AvgIpc) is 2.21. The van der Waals surface area contributed by atoms with Crippen molar-refractivity contribution >= 4 is 39.1 Å². The zero-order valence-electron chi connectivity index (χ0n) is 9.32. The molecule has 98 valence electrons. The molecule has 8 heteroatoms. The summed E-state index contributed by atoms with van der Waals surface area (Å²) >= 11 is 2.97. The number of nitrogens with zero attached hydrogens (tertiary/aromatic N) is 1. The molecule has 1 aromatic rings. The summed E-state index contributed by atoms with van der Waals surface area (Å²) < 4.78 is 13.6. The number of hydrogen-bond acceptors (Lipinski definition) is 4. The first-order chi connectivity index (χ1) is 8.31. The number of carbonyl (C=O) groups is 2. The van der Waals surface area contributed by atoms with Crippen LogP contribution in [0, 0.1) is 5.82 Å². The van der Waals surface area contributed by atoms with Gasteiger partial charge in [0.05, 0.1) is 28.9 Å². The summed E-state index contributed by atoms with van der Waals surface area (Å²) in [5.41, 5.74) is 16.2. The summed E-state index contributed by atoms with van der Waals surface area (Å²) in [4.78, 5) is 23.0. The van der Waals surface area contributed by atoms with Gasteiger partial charge in [0.2, 0.25) is 11.8 Å². The minimum atomic E-state index is -0.682. The van der Waals surface area contributed by atoms with Crippen LogP contribution in [0.3, 0.4) is 0 Å². The molecule has 0 atom stereocenters. The number of halogens is 2. The standard InChI is InChI=1S/C10H12BrFN4O2/c11-5-1-7(13)8(2-6(5)12)16(3-9(14)17)4-10(15)18/h1-2H,3-4,13H2,(H2,14,17)(H2,15,18). The first-order valence-corrected chi connectivity index (χ1v) is 5.66. The maximum atomic E-state index is 13.4. The first-order valence-electron chi connectivity index (χ1n) is 4.87. The molecular weight excluding hydrogens is 307 g/mol. The minimum absolute atomic E-state index is 0.182. The fourth-order valence-electron chi connectivity index (χ4n) is 1.43. The summed E-state index contributed by atoms with van der Waals surface area (Å²) in [5.74, 6) is -1.93. The second-order valence-corrected chi connectivity index (χ2v) is 4.47. The Labute approximate surface area is 111 Å². The van der Waals surface area contributed by atoms with Gasteiger partial charge in [0.1, 0.15) is 5.82 Å². The van der Waals surface area contributed by atoms with Crippen molar-refractivity contribution in [3.05, 3.63) is 22.4 Å². The van der Waals surface area contributed by atoms with Crippen LogP contribution in [0.1, 0.15) is 0 Å². The Morgan fingerprint density at radius 1 is 1.22 bits per heavy atom. The van der Waals surface area contributed by atoms with Gasteiger partial charge in [0.25, 0.3) is 0 Å². The monoisotopic (exact) mass is 318 g/mol. The van der Waals surface area contributed by atoms with Crippen LogP contribution < -0.4 is 22.1 Å². The van der Waals surface area contributed by atoms with E-state index in [1.165, 1.54) is 11.0 Å². The highest BCUT2D eigenvalue weighted by Crippen LogP contribution is 2.29. The van der Waals surface area contributed by atoms with Crippen LogP contribution in [0.25, 0.3) is 0 Å². The molecule has 0 radical (unpaired) electrons. The van der Waals surface area contributed by atoms with Crippen molar-refractivity contribution in [3.8, 4) is 0 Å². The van der Waals surface area contributed by atoms with Gasteiger partial charge in [-0.3, -0.25) is 9.59 Å². The van der Waals surface area contributed by atoms with E-state index in [1.807, 2.05) is 0 Å². The number of primary amides is 2. The summed E-state index contributed by atoms with van der Waals surface area (Å²) in [6, 6.07) is 2.44. The van der Waals surface area contributed by atoms with E-state index in [-0.39, 0.29) is 28.9 Å². The van der Waals surface area contributed by atoms with Crippen LogP contribution in [-0.2, 0) is 9.59 Å². The van der Waals surface area contributed by atoms with E-state index >= 15 is 0 Å². The smallest absolute Gasteiger partial charge is 0.236 e. The molecule has 0 aliphatic rings. The second-order valence-electron chi connectivity index (χ2n) is 3.61. The predicted molar refractivity (Wildman–Crippen MR) is 69.1 cm³/mol. The molecule has 0 saturated heterocycles. The van der Waals surface area contributed by atoms with Gasteiger partial charge in [0.15, 0.2) is 0 Å². The number of rotatable bonds is 5. The van der Waals surface area contributed by atoms with Gasteiger partial charge in [0, 0.05) is 6.07 Å². The molecule has 0 saturated carbocycles. The van der Waals surface area contributed by atoms with Crippen molar-refractivity contribution in [2.75, 3.05) is 23.7 Å². The third-order valence-corrected chi connectivity index (χ3v) is 2.71. The van der Waals surface area contributed by atoms with Gasteiger partial charge in [-0.1, -0.05) is 0 Å². The molecule has 0 aliphatic carbocycles. The quantitative estimate of drug-likeness (QED) is 0.660. The number of hydrogen-bond donors (Lipinski definition) is 3. The van der Waals surface area contributed by atoms with Crippen LogP contribution in [-0.4, -0.2) is 24.9 Å². The van der Waals surface area contributed by atoms with Crippen LogP contribution in [0.5, 0.6) is 0 Å². The molecule has 1 aromatic carbocycles. The third-order valence-electron chi connectivity index (χ3n) is 2.10. The van der Waals surface area contributed by atoms with Crippen molar-refractivity contribution in [1.29, 1.82) is 0 Å². The minimum Gasteiger partial charge on any atom is -0.397 e. The maximum absolute atomic E-state index is 13.4. The lowest BCUT2D eigenvalue weighted by atomic mass is 10.2. The summed E-state index contributed by atoms with van der Waals surface area (Å²) in [6.45, 7) is -0.567. The second kappa shape index (κ2) is 5.67. The van der Waals surface area contributed by atoms with Gasteiger partial charge in [-0.25, -0.2) is 4.39 Å². The van der Waals surface area contributed by atoms with Gasteiger partial charge >= 0.3 is 0 Å². The average molecular weight is 319 g/mol. The molecule has 6 N–H and O–H groups in total. The molecular formula is C10H12BrFN4O2. The van der Waals surface area contributed by atoms with Crippen LogP contribution in [0.2, 0.25) is 0 Å². The topological polar surface area (TPSA) is 115 Å². The Hall–Kier alpha value is -1.83.